The Hall–Kier alpha value is -0.980. The normalized spacial score (nSPS) is 13.4. The molecule has 1 nitrogen and oxygen atoms in total. The van der Waals surface area contributed by atoms with E-state index in [1.54, 1.807) is 0 Å². The van der Waals surface area contributed by atoms with Gasteiger partial charge in [0.25, 0.3) is 0 Å². The Labute approximate surface area is 62.9 Å². The molecule has 0 aromatic heterocycles. The Morgan fingerprint density at radius 2 is 2.20 bits per heavy atom. The van der Waals surface area contributed by atoms with E-state index in [0.717, 1.165) is 12.1 Å². The molecule has 0 fully saturated rings. The van der Waals surface area contributed by atoms with Crippen LogP contribution in [0.2, 0.25) is 0 Å². The van der Waals surface area contributed by atoms with Crippen molar-refractivity contribution >= 4 is 0 Å². The van der Waals surface area contributed by atoms with Crippen molar-refractivity contribution in [3.05, 3.63) is 36.1 Å². The SMILES string of the molecule is C=C/C(=C\C(N)=C/C)CC. The van der Waals surface area contributed by atoms with Crippen LogP contribution in [-0.2, 0) is 0 Å². The number of nitrogens with two attached hydrogens (primary N) is 1. The van der Waals surface area contributed by atoms with Gasteiger partial charge in [0.1, 0.15) is 0 Å². The summed E-state index contributed by atoms with van der Waals surface area (Å²) < 4.78 is 0. The number of allylic oxidation sites excluding steroid dienone is 4. The lowest BCUT2D eigenvalue weighted by atomic mass is 10.2. The van der Waals surface area contributed by atoms with Crippen molar-refractivity contribution in [3.8, 4) is 0 Å². The van der Waals surface area contributed by atoms with Gasteiger partial charge >= 0.3 is 0 Å². The van der Waals surface area contributed by atoms with Gasteiger partial charge in [0.05, 0.1) is 0 Å². The molecule has 0 saturated heterocycles. The van der Waals surface area contributed by atoms with Gasteiger partial charge in [-0.05, 0) is 25.0 Å². The lowest BCUT2D eigenvalue weighted by Gasteiger charge is -1.95. The summed E-state index contributed by atoms with van der Waals surface area (Å²) in [6, 6.07) is 0. The van der Waals surface area contributed by atoms with E-state index in [1.165, 1.54) is 5.57 Å². The maximum atomic E-state index is 5.56. The molecule has 0 aliphatic rings. The highest BCUT2D eigenvalue weighted by molar-refractivity contribution is 5.26. The van der Waals surface area contributed by atoms with Crippen LogP contribution in [0.15, 0.2) is 36.1 Å². The molecule has 10 heavy (non-hydrogen) atoms. The zero-order valence-corrected chi connectivity index (χ0v) is 6.72. The molecular weight excluding hydrogens is 122 g/mol. The maximum Gasteiger partial charge on any atom is 0.0273 e. The highest BCUT2D eigenvalue weighted by atomic mass is 14.5. The second kappa shape index (κ2) is 4.86. The van der Waals surface area contributed by atoms with E-state index in [1.807, 2.05) is 25.2 Å². The minimum absolute atomic E-state index is 0.803. The van der Waals surface area contributed by atoms with E-state index in [-0.39, 0.29) is 0 Å². The molecule has 1 heteroatoms. The second-order valence-electron chi connectivity index (χ2n) is 2.07. The summed E-state index contributed by atoms with van der Waals surface area (Å²) in [5.41, 5.74) is 7.54. The zero-order chi connectivity index (χ0) is 7.98. The lowest BCUT2D eigenvalue weighted by Crippen LogP contribution is -1.92. The molecule has 56 valence electrons. The smallest absolute Gasteiger partial charge is 0.0273 e. The summed E-state index contributed by atoms with van der Waals surface area (Å²) in [7, 11) is 0. The predicted molar refractivity (Wildman–Crippen MR) is 46.5 cm³/mol. The molecule has 0 aromatic carbocycles. The molecule has 0 aliphatic heterocycles. The van der Waals surface area contributed by atoms with Gasteiger partial charge in [-0.3, -0.25) is 0 Å². The third-order valence-electron chi connectivity index (χ3n) is 1.36. The first-order valence-corrected chi connectivity index (χ1v) is 3.49. The third kappa shape index (κ3) is 3.13. The Morgan fingerprint density at radius 1 is 1.60 bits per heavy atom. The van der Waals surface area contributed by atoms with Gasteiger partial charge in [0.2, 0.25) is 0 Å². The molecule has 0 rings (SSSR count). The summed E-state index contributed by atoms with van der Waals surface area (Å²) in [6.45, 7) is 7.67. The zero-order valence-electron chi connectivity index (χ0n) is 6.72. The number of hydrogen-bond acceptors (Lipinski definition) is 1. The van der Waals surface area contributed by atoms with Gasteiger partial charge in [-0.15, -0.1) is 0 Å². The highest BCUT2D eigenvalue weighted by Gasteiger charge is 1.85. The summed E-state index contributed by atoms with van der Waals surface area (Å²) in [6.07, 6.45) is 6.63. The van der Waals surface area contributed by atoms with Crippen LogP contribution >= 0.6 is 0 Å². The van der Waals surface area contributed by atoms with Gasteiger partial charge in [-0.1, -0.05) is 25.7 Å². The fraction of sp³-hybridized carbons (Fsp3) is 0.333. The largest absolute Gasteiger partial charge is 0.399 e. The van der Waals surface area contributed by atoms with Gasteiger partial charge in [-0.2, -0.15) is 0 Å². The highest BCUT2D eigenvalue weighted by Crippen LogP contribution is 2.03. The molecule has 0 bridgehead atoms. The van der Waals surface area contributed by atoms with Crippen LogP contribution in [0.5, 0.6) is 0 Å². The van der Waals surface area contributed by atoms with Crippen molar-refractivity contribution in [1.29, 1.82) is 0 Å². The van der Waals surface area contributed by atoms with E-state index < -0.39 is 0 Å². The molecule has 0 unspecified atom stereocenters. The van der Waals surface area contributed by atoms with E-state index in [9.17, 15) is 0 Å². The molecule has 0 heterocycles. The van der Waals surface area contributed by atoms with Crippen LogP contribution in [0, 0.1) is 0 Å². The number of rotatable bonds is 3. The Morgan fingerprint density at radius 3 is 2.50 bits per heavy atom. The van der Waals surface area contributed by atoms with Crippen molar-refractivity contribution in [1.82, 2.24) is 0 Å². The van der Waals surface area contributed by atoms with Crippen LogP contribution < -0.4 is 5.73 Å². The average molecular weight is 137 g/mol. The van der Waals surface area contributed by atoms with Crippen LogP contribution in [0.3, 0.4) is 0 Å². The Balaban J connectivity index is 4.24. The van der Waals surface area contributed by atoms with Crippen molar-refractivity contribution in [2.75, 3.05) is 0 Å². The molecule has 2 N–H and O–H groups in total. The summed E-state index contributed by atoms with van der Waals surface area (Å²) >= 11 is 0. The quantitative estimate of drug-likeness (QED) is 0.594. The first-order valence-electron chi connectivity index (χ1n) is 3.49. The minimum Gasteiger partial charge on any atom is -0.399 e. The topological polar surface area (TPSA) is 26.0 Å². The fourth-order valence-corrected chi connectivity index (χ4v) is 0.603. The van der Waals surface area contributed by atoms with Crippen molar-refractivity contribution < 1.29 is 0 Å². The van der Waals surface area contributed by atoms with E-state index in [0.29, 0.717) is 0 Å². The van der Waals surface area contributed by atoms with Crippen LogP contribution in [-0.4, -0.2) is 0 Å². The molecule has 0 amide bonds. The average Bonchev–Trinajstić information content (AvgIpc) is 1.99. The van der Waals surface area contributed by atoms with Crippen molar-refractivity contribution in [2.24, 2.45) is 5.73 Å². The van der Waals surface area contributed by atoms with Crippen molar-refractivity contribution in [3.63, 3.8) is 0 Å². The van der Waals surface area contributed by atoms with Gasteiger partial charge < -0.3 is 5.73 Å². The fourth-order valence-electron chi connectivity index (χ4n) is 0.603. The van der Waals surface area contributed by atoms with Crippen LogP contribution in [0.4, 0.5) is 0 Å². The standard InChI is InChI=1S/C9H15N/c1-4-8(5-2)7-9(10)6-3/h4,6-7H,1,5,10H2,2-3H3/b8-7+,9-6+. The van der Waals surface area contributed by atoms with Crippen LogP contribution in [0.25, 0.3) is 0 Å². The molecule has 0 aliphatic carbocycles. The summed E-state index contributed by atoms with van der Waals surface area (Å²) in [5, 5.41) is 0. The van der Waals surface area contributed by atoms with E-state index in [2.05, 4.69) is 13.5 Å². The minimum atomic E-state index is 0.803. The first kappa shape index (κ1) is 9.02. The Kier molecular flexibility index (Phi) is 4.38. The summed E-state index contributed by atoms with van der Waals surface area (Å²) in [5.74, 6) is 0. The second-order valence-corrected chi connectivity index (χ2v) is 2.07. The summed E-state index contributed by atoms with van der Waals surface area (Å²) in [4.78, 5) is 0. The molecule has 0 aromatic rings. The van der Waals surface area contributed by atoms with Gasteiger partial charge in [-0.25, -0.2) is 0 Å². The predicted octanol–water partition coefficient (Wildman–Crippen LogP) is 2.37. The van der Waals surface area contributed by atoms with Gasteiger partial charge in [0.15, 0.2) is 0 Å². The molecular formula is C9H15N. The Bertz CT molecular complexity index is 164. The first-order chi connectivity index (χ1) is 4.74. The lowest BCUT2D eigenvalue weighted by molar-refractivity contribution is 1.14. The van der Waals surface area contributed by atoms with Crippen LogP contribution in [0.1, 0.15) is 20.3 Å². The molecule has 0 radical (unpaired) electrons. The molecule has 0 atom stereocenters. The molecule has 0 saturated carbocycles. The van der Waals surface area contributed by atoms with Crippen molar-refractivity contribution in [2.45, 2.75) is 20.3 Å². The molecule has 0 spiro atoms. The third-order valence-corrected chi connectivity index (χ3v) is 1.36. The van der Waals surface area contributed by atoms with E-state index in [4.69, 9.17) is 5.73 Å². The number of hydrogen-bond donors (Lipinski definition) is 1. The van der Waals surface area contributed by atoms with E-state index >= 15 is 0 Å². The van der Waals surface area contributed by atoms with Gasteiger partial charge in [0, 0.05) is 5.70 Å². The maximum absolute atomic E-state index is 5.56. The monoisotopic (exact) mass is 137 g/mol.